The molecule has 0 saturated carbocycles. The Bertz CT molecular complexity index is 1280. The Morgan fingerprint density at radius 1 is 1.31 bits per heavy atom. The third-order valence-electron chi connectivity index (χ3n) is 4.09. The monoisotopic (exact) mass is 417 g/mol. The maximum Gasteiger partial charge on any atom is 0.230 e. The molecule has 6 heteroatoms. The number of nitrogen functional groups attached to an aromatic ring is 1. The van der Waals surface area contributed by atoms with Gasteiger partial charge in [0.2, 0.25) is 5.91 Å². The van der Waals surface area contributed by atoms with Crippen LogP contribution in [0.1, 0.15) is 58.7 Å². The van der Waals surface area contributed by atoms with Gasteiger partial charge in [-0.05, 0) is 49.4 Å². The van der Waals surface area contributed by atoms with Gasteiger partial charge in [0.1, 0.15) is 0 Å². The second-order valence-electron chi connectivity index (χ2n) is 6.43. The smallest absolute Gasteiger partial charge is 0.230 e. The Kier molecular flexibility index (Phi) is 4.49. The lowest BCUT2D eigenvalue weighted by atomic mass is 10.0. The highest BCUT2D eigenvalue weighted by Crippen LogP contribution is 2.21. The molecule has 2 aromatic carbocycles. The fourth-order valence-corrected chi connectivity index (χ4v) is 3.04. The van der Waals surface area contributed by atoms with Crippen LogP contribution in [0.3, 0.4) is 0 Å². The summed E-state index contributed by atoms with van der Waals surface area (Å²) < 4.78 is 64.1. The standard InChI is InChI=1S/C23H27N3O2S/c1-16-6-10-18(11-7-16)21(27)5-3-2-4-17-8-12-19(13-9-17)25-22(28)14-20-15-29-23(24)26-20/h6-13,15,21,27H,2-5,14H2,1H3,(H2,24,26)(H,25,28)/t21-/m0/s1/i6D,7D,10D,11D,14D2,15D,21D. The lowest BCUT2D eigenvalue weighted by molar-refractivity contribution is -0.115. The highest BCUT2D eigenvalue weighted by atomic mass is 32.1. The van der Waals surface area contributed by atoms with Crippen molar-refractivity contribution in [1.29, 1.82) is 0 Å². The van der Waals surface area contributed by atoms with E-state index in [1.54, 1.807) is 24.3 Å². The molecule has 3 rings (SSSR count). The van der Waals surface area contributed by atoms with Crippen molar-refractivity contribution in [2.24, 2.45) is 0 Å². The number of anilines is 2. The molecule has 0 radical (unpaired) electrons. The van der Waals surface area contributed by atoms with E-state index in [-0.39, 0.29) is 45.8 Å². The summed E-state index contributed by atoms with van der Waals surface area (Å²) >= 11 is 0.785. The van der Waals surface area contributed by atoms with E-state index in [0.717, 1.165) is 16.9 Å². The van der Waals surface area contributed by atoms with Gasteiger partial charge >= 0.3 is 0 Å². The quantitative estimate of drug-likeness (QED) is 0.442. The number of aryl methyl sites for hydroxylation is 1. The molecule has 1 atom stereocenters. The van der Waals surface area contributed by atoms with Gasteiger partial charge in [-0.3, -0.25) is 4.79 Å². The lowest BCUT2D eigenvalue weighted by Gasteiger charge is -2.11. The molecule has 5 nitrogen and oxygen atoms in total. The molecule has 1 aromatic heterocycles. The molecule has 0 aliphatic heterocycles. The van der Waals surface area contributed by atoms with Crippen LogP contribution in [0.15, 0.2) is 53.8 Å². The molecular weight excluding hydrogens is 382 g/mol. The van der Waals surface area contributed by atoms with Crippen LogP contribution in [-0.4, -0.2) is 16.0 Å². The zero-order chi connectivity index (χ0) is 27.7. The summed E-state index contributed by atoms with van der Waals surface area (Å²) in [6, 6.07) is 5.37. The summed E-state index contributed by atoms with van der Waals surface area (Å²) in [7, 11) is 0. The summed E-state index contributed by atoms with van der Waals surface area (Å²) in [5.41, 5.74) is 6.27. The Balaban J connectivity index is 1.57. The molecule has 3 aromatic rings. The predicted octanol–water partition coefficient (Wildman–Crippen LogP) is 4.66. The summed E-state index contributed by atoms with van der Waals surface area (Å²) in [5.74, 6) is -0.973. The van der Waals surface area contributed by atoms with Crippen LogP contribution in [0, 0.1) is 6.92 Å². The molecule has 29 heavy (non-hydrogen) atoms. The van der Waals surface area contributed by atoms with Crippen molar-refractivity contribution in [3.63, 3.8) is 0 Å². The fraction of sp³-hybridized carbons (Fsp3) is 0.304. The van der Waals surface area contributed by atoms with E-state index in [1.807, 2.05) is 0 Å². The van der Waals surface area contributed by atoms with Crippen molar-refractivity contribution >= 4 is 28.1 Å². The van der Waals surface area contributed by atoms with E-state index >= 15 is 0 Å². The van der Waals surface area contributed by atoms with Gasteiger partial charge in [0.25, 0.3) is 0 Å². The summed E-state index contributed by atoms with van der Waals surface area (Å²) in [5, 5.41) is 12.9. The van der Waals surface area contributed by atoms with Crippen LogP contribution in [0.5, 0.6) is 0 Å². The van der Waals surface area contributed by atoms with Gasteiger partial charge in [-0.15, -0.1) is 11.3 Å². The van der Waals surface area contributed by atoms with Gasteiger partial charge in [0, 0.05) is 13.8 Å². The largest absolute Gasteiger partial charge is 0.388 e. The number of rotatable bonds is 9. The zero-order valence-corrected chi connectivity index (χ0v) is 16.7. The van der Waals surface area contributed by atoms with Crippen molar-refractivity contribution in [3.05, 3.63) is 76.2 Å². The summed E-state index contributed by atoms with van der Waals surface area (Å²) in [4.78, 5) is 16.2. The van der Waals surface area contributed by atoms with Gasteiger partial charge in [-0.2, -0.15) is 0 Å². The molecule has 0 spiro atoms. The predicted molar refractivity (Wildman–Crippen MR) is 119 cm³/mol. The Morgan fingerprint density at radius 3 is 2.69 bits per heavy atom. The van der Waals surface area contributed by atoms with Gasteiger partial charge < -0.3 is 16.2 Å². The van der Waals surface area contributed by atoms with E-state index in [9.17, 15) is 9.90 Å². The number of unbranched alkanes of at least 4 members (excludes halogenated alkanes) is 1. The number of carbonyl (C=O) groups is 1. The first kappa shape index (κ1) is 12.8. The zero-order valence-electron chi connectivity index (χ0n) is 23.9. The number of aliphatic hydroxyl groups is 1. The number of benzene rings is 2. The number of hydrogen-bond donors (Lipinski definition) is 3. The lowest BCUT2D eigenvalue weighted by Crippen LogP contribution is -2.14. The molecule has 0 saturated heterocycles. The molecular formula is C23H27N3O2S. The first-order chi connectivity index (χ1) is 17.2. The average molecular weight is 418 g/mol. The molecule has 4 N–H and O–H groups in total. The van der Waals surface area contributed by atoms with Crippen molar-refractivity contribution < 1.29 is 20.9 Å². The van der Waals surface area contributed by atoms with E-state index in [4.69, 9.17) is 16.7 Å². The molecule has 1 amide bonds. The third kappa shape index (κ3) is 6.69. The molecule has 0 fully saturated rings. The minimum atomic E-state index is -2.53. The number of thiazole rings is 1. The topological polar surface area (TPSA) is 88.2 Å². The Labute approximate surface area is 186 Å². The number of amides is 1. The number of carbonyl (C=O) groups excluding carboxylic acids is 1. The van der Waals surface area contributed by atoms with Crippen LogP contribution < -0.4 is 11.1 Å². The second kappa shape index (κ2) is 10.2. The summed E-state index contributed by atoms with van der Waals surface area (Å²) in [6.45, 7) is 1.46. The fourth-order valence-electron chi connectivity index (χ4n) is 2.60. The van der Waals surface area contributed by atoms with Crippen molar-refractivity contribution in [2.45, 2.75) is 45.1 Å². The highest BCUT2D eigenvalue weighted by Gasteiger charge is 2.08. The van der Waals surface area contributed by atoms with Gasteiger partial charge in [0.05, 0.1) is 26.4 Å². The van der Waals surface area contributed by atoms with Crippen LogP contribution >= 0.6 is 11.3 Å². The molecule has 0 unspecified atom stereocenters. The highest BCUT2D eigenvalue weighted by molar-refractivity contribution is 7.13. The average Bonchev–Trinajstić information content (AvgIpc) is 3.18. The SMILES string of the molecule is [2H]c1sc(N)nc1C([2H])([2H])C(=O)Nc1ccc(CCCC[C@]([2H])(O)c2c([2H])c([2H])c(C)c([2H])c2[2H])cc1. The second-order valence-corrected chi connectivity index (χ2v) is 7.26. The number of hydrogen-bond acceptors (Lipinski definition) is 5. The summed E-state index contributed by atoms with van der Waals surface area (Å²) in [6.07, 6.45) is -3.34. The number of nitrogens with two attached hydrogens (primary N) is 1. The number of nitrogens with zero attached hydrogens (tertiary/aromatic N) is 1. The van der Waals surface area contributed by atoms with Crippen molar-refractivity contribution in [2.75, 3.05) is 11.1 Å². The van der Waals surface area contributed by atoms with Gasteiger partial charge in [-0.1, -0.05) is 48.3 Å². The number of aromatic nitrogens is 1. The van der Waals surface area contributed by atoms with Crippen LogP contribution in [-0.2, 0) is 17.6 Å². The van der Waals surface area contributed by atoms with E-state index in [0.29, 0.717) is 24.9 Å². The van der Waals surface area contributed by atoms with Crippen molar-refractivity contribution in [1.82, 2.24) is 4.98 Å². The van der Waals surface area contributed by atoms with E-state index < -0.39 is 30.4 Å². The van der Waals surface area contributed by atoms with E-state index in [1.165, 1.54) is 6.92 Å². The maximum absolute atomic E-state index is 12.5. The normalized spacial score (nSPS) is 17.4. The van der Waals surface area contributed by atoms with Crippen LogP contribution in [0.4, 0.5) is 10.8 Å². The molecule has 152 valence electrons. The van der Waals surface area contributed by atoms with Gasteiger partial charge in [0.15, 0.2) is 5.13 Å². The molecule has 1 heterocycles. The van der Waals surface area contributed by atoms with Crippen LogP contribution in [0.2, 0.25) is 0 Å². The molecule has 0 aliphatic carbocycles. The maximum atomic E-state index is 12.5. The molecule has 0 aliphatic rings. The first-order valence-electron chi connectivity index (χ1n) is 13.1. The van der Waals surface area contributed by atoms with Crippen LogP contribution in [0.25, 0.3) is 0 Å². The number of nitrogens with one attached hydrogen (secondary N) is 1. The third-order valence-corrected chi connectivity index (χ3v) is 4.68. The Hall–Kier alpha value is -2.70. The first-order valence-corrected chi connectivity index (χ1v) is 9.92. The van der Waals surface area contributed by atoms with E-state index in [2.05, 4.69) is 10.3 Å². The minimum Gasteiger partial charge on any atom is -0.388 e. The van der Waals surface area contributed by atoms with Crippen molar-refractivity contribution in [3.8, 4) is 0 Å². The Morgan fingerprint density at radius 2 is 2.03 bits per heavy atom. The minimum absolute atomic E-state index is 0.00583. The molecule has 0 bridgehead atoms. The van der Waals surface area contributed by atoms with Gasteiger partial charge in [-0.25, -0.2) is 4.98 Å².